The second-order valence-corrected chi connectivity index (χ2v) is 6.19. The number of nitrogens with zero attached hydrogens (tertiary/aromatic N) is 1. The van der Waals surface area contributed by atoms with E-state index in [0.29, 0.717) is 5.92 Å². The van der Waals surface area contributed by atoms with Crippen molar-refractivity contribution >= 4 is 42.1 Å². The fourth-order valence-electron chi connectivity index (χ4n) is 2.52. The Morgan fingerprint density at radius 3 is 2.57 bits per heavy atom. The molecule has 0 spiro atoms. The lowest BCUT2D eigenvalue weighted by Crippen LogP contribution is -2.26. The van der Waals surface area contributed by atoms with Gasteiger partial charge in [0.1, 0.15) is 4.88 Å². The summed E-state index contributed by atoms with van der Waals surface area (Å²) in [5.41, 5.74) is 0.887. The zero-order valence-electron chi connectivity index (χ0n) is 12.6. The molecule has 1 heterocycles. The Balaban J connectivity index is 0.00000200. The largest absolute Gasteiger partial charge is 0.351 e. The molecule has 1 amide bonds. The number of halogens is 2. The molecular weight excluding hydrogens is 329 g/mol. The summed E-state index contributed by atoms with van der Waals surface area (Å²) < 4.78 is 0. The first kappa shape index (κ1) is 20.6. The topological polar surface area (TPSA) is 54.0 Å². The van der Waals surface area contributed by atoms with Gasteiger partial charge >= 0.3 is 0 Å². The normalized spacial score (nSPS) is 14.4. The van der Waals surface area contributed by atoms with Crippen molar-refractivity contribution < 1.29 is 4.79 Å². The molecule has 1 aromatic rings. The molecular formula is C14H25Cl2N3OS. The van der Waals surface area contributed by atoms with Crippen LogP contribution in [0.15, 0.2) is 0 Å². The molecule has 0 unspecified atom stereocenters. The third kappa shape index (κ3) is 5.74. The van der Waals surface area contributed by atoms with E-state index in [0.717, 1.165) is 35.1 Å². The molecule has 4 nitrogen and oxygen atoms in total. The highest BCUT2D eigenvalue weighted by Gasteiger charge is 2.23. The lowest BCUT2D eigenvalue weighted by Gasteiger charge is -2.03. The Kier molecular flexibility index (Phi) is 10.2. The van der Waals surface area contributed by atoms with E-state index in [2.05, 4.69) is 15.6 Å². The average molecular weight is 354 g/mol. The summed E-state index contributed by atoms with van der Waals surface area (Å²) >= 11 is 1.59. The highest BCUT2D eigenvalue weighted by molar-refractivity contribution is 7.13. The Morgan fingerprint density at radius 2 is 1.95 bits per heavy atom. The molecule has 1 aliphatic carbocycles. The third-order valence-corrected chi connectivity index (χ3v) is 4.93. The van der Waals surface area contributed by atoms with E-state index in [1.807, 2.05) is 14.0 Å². The molecule has 122 valence electrons. The van der Waals surface area contributed by atoms with Crippen LogP contribution in [0.25, 0.3) is 0 Å². The van der Waals surface area contributed by atoms with Crippen LogP contribution in [-0.4, -0.2) is 31.0 Å². The number of nitrogens with one attached hydrogen (secondary N) is 2. The molecule has 1 fully saturated rings. The van der Waals surface area contributed by atoms with Gasteiger partial charge in [-0.3, -0.25) is 4.79 Å². The van der Waals surface area contributed by atoms with Gasteiger partial charge in [0, 0.05) is 12.5 Å². The Hall–Kier alpha value is -0.360. The van der Waals surface area contributed by atoms with Gasteiger partial charge in [0.25, 0.3) is 5.91 Å². The summed E-state index contributed by atoms with van der Waals surface area (Å²) in [5, 5.41) is 7.21. The van der Waals surface area contributed by atoms with Crippen LogP contribution in [-0.2, 0) is 0 Å². The lowest BCUT2D eigenvalue weighted by molar-refractivity contribution is 0.0956. The number of rotatable bonds is 6. The number of carbonyl (C=O) groups is 1. The molecule has 0 atom stereocenters. The lowest BCUT2D eigenvalue weighted by atomic mass is 10.1. The van der Waals surface area contributed by atoms with E-state index >= 15 is 0 Å². The second-order valence-electron chi connectivity index (χ2n) is 5.16. The van der Waals surface area contributed by atoms with E-state index < -0.39 is 0 Å². The number of aromatic nitrogens is 1. The molecule has 0 radical (unpaired) electrons. The number of aryl methyl sites for hydroxylation is 1. The minimum atomic E-state index is 0. The quantitative estimate of drug-likeness (QED) is 0.771. The molecule has 0 saturated heterocycles. The first-order chi connectivity index (χ1) is 9.22. The van der Waals surface area contributed by atoms with Crippen molar-refractivity contribution in [2.24, 2.45) is 0 Å². The molecule has 7 heteroatoms. The maximum absolute atomic E-state index is 12.1. The number of carbonyl (C=O) groups excluding carboxylic acids is 1. The molecule has 2 rings (SSSR count). The monoisotopic (exact) mass is 353 g/mol. The van der Waals surface area contributed by atoms with Gasteiger partial charge in [0.2, 0.25) is 0 Å². The van der Waals surface area contributed by atoms with Crippen LogP contribution in [0.4, 0.5) is 0 Å². The van der Waals surface area contributed by atoms with Crippen molar-refractivity contribution in [3.63, 3.8) is 0 Å². The minimum absolute atomic E-state index is 0. The molecule has 1 aromatic heterocycles. The number of amides is 1. The van der Waals surface area contributed by atoms with Crippen molar-refractivity contribution in [1.82, 2.24) is 15.6 Å². The van der Waals surface area contributed by atoms with Crippen molar-refractivity contribution in [3.05, 3.63) is 15.6 Å². The number of hydrogen-bond acceptors (Lipinski definition) is 4. The molecule has 1 aliphatic rings. The van der Waals surface area contributed by atoms with E-state index in [4.69, 9.17) is 0 Å². The Labute approximate surface area is 143 Å². The predicted molar refractivity (Wildman–Crippen MR) is 93.4 cm³/mol. The third-order valence-electron chi connectivity index (χ3n) is 3.61. The first-order valence-corrected chi connectivity index (χ1v) is 7.94. The number of hydrogen-bond donors (Lipinski definition) is 2. The van der Waals surface area contributed by atoms with Gasteiger partial charge < -0.3 is 10.6 Å². The smallest absolute Gasteiger partial charge is 0.263 e. The van der Waals surface area contributed by atoms with Gasteiger partial charge in [-0.2, -0.15) is 0 Å². The SMILES string of the molecule is CNCCCNC(=O)c1sc(C2CCCC2)nc1C.Cl.Cl. The van der Waals surface area contributed by atoms with Gasteiger partial charge in [-0.15, -0.1) is 36.2 Å². The van der Waals surface area contributed by atoms with Gasteiger partial charge in [-0.1, -0.05) is 12.8 Å². The van der Waals surface area contributed by atoms with Crippen molar-refractivity contribution in [1.29, 1.82) is 0 Å². The average Bonchev–Trinajstić information content (AvgIpc) is 3.03. The Bertz CT molecular complexity index is 434. The van der Waals surface area contributed by atoms with E-state index in [9.17, 15) is 4.79 Å². The minimum Gasteiger partial charge on any atom is -0.351 e. The summed E-state index contributed by atoms with van der Waals surface area (Å²) in [5.74, 6) is 0.630. The van der Waals surface area contributed by atoms with Gasteiger partial charge in [0.05, 0.1) is 10.7 Å². The second kappa shape index (κ2) is 10.4. The molecule has 0 aliphatic heterocycles. The van der Waals surface area contributed by atoms with Crippen LogP contribution in [0.2, 0.25) is 0 Å². The van der Waals surface area contributed by atoms with Gasteiger partial charge in [-0.25, -0.2) is 4.98 Å². The summed E-state index contributed by atoms with van der Waals surface area (Å²) in [7, 11) is 1.92. The summed E-state index contributed by atoms with van der Waals surface area (Å²) in [4.78, 5) is 17.5. The maximum Gasteiger partial charge on any atom is 0.263 e. The maximum atomic E-state index is 12.1. The van der Waals surface area contributed by atoms with Crippen LogP contribution in [0, 0.1) is 6.92 Å². The Morgan fingerprint density at radius 1 is 1.29 bits per heavy atom. The van der Waals surface area contributed by atoms with Gasteiger partial charge in [-0.05, 0) is 39.8 Å². The summed E-state index contributed by atoms with van der Waals surface area (Å²) in [6, 6.07) is 0. The van der Waals surface area contributed by atoms with Crippen LogP contribution < -0.4 is 10.6 Å². The molecule has 21 heavy (non-hydrogen) atoms. The van der Waals surface area contributed by atoms with Crippen LogP contribution in [0.3, 0.4) is 0 Å². The van der Waals surface area contributed by atoms with Crippen molar-refractivity contribution in [2.75, 3.05) is 20.1 Å². The fraction of sp³-hybridized carbons (Fsp3) is 0.714. The summed E-state index contributed by atoms with van der Waals surface area (Å²) in [6.45, 7) is 3.59. The number of thiazole rings is 1. The van der Waals surface area contributed by atoms with Crippen LogP contribution in [0.5, 0.6) is 0 Å². The molecule has 0 aromatic carbocycles. The highest BCUT2D eigenvalue weighted by Crippen LogP contribution is 2.36. The van der Waals surface area contributed by atoms with Crippen LogP contribution >= 0.6 is 36.2 Å². The molecule has 1 saturated carbocycles. The van der Waals surface area contributed by atoms with E-state index in [1.165, 1.54) is 25.7 Å². The van der Waals surface area contributed by atoms with Gasteiger partial charge in [0.15, 0.2) is 0 Å². The fourth-order valence-corrected chi connectivity index (χ4v) is 3.68. The summed E-state index contributed by atoms with van der Waals surface area (Å²) in [6.07, 6.45) is 6.02. The van der Waals surface area contributed by atoms with E-state index in [1.54, 1.807) is 11.3 Å². The van der Waals surface area contributed by atoms with E-state index in [-0.39, 0.29) is 30.7 Å². The highest BCUT2D eigenvalue weighted by atomic mass is 35.5. The first-order valence-electron chi connectivity index (χ1n) is 7.12. The zero-order chi connectivity index (χ0) is 13.7. The molecule has 2 N–H and O–H groups in total. The van der Waals surface area contributed by atoms with Crippen molar-refractivity contribution in [2.45, 2.75) is 44.9 Å². The zero-order valence-corrected chi connectivity index (χ0v) is 15.1. The standard InChI is InChI=1S/C14H23N3OS.2ClH/c1-10-12(13(18)16-9-5-8-15-2)19-14(17-10)11-6-3-4-7-11;;/h11,15H,3-9H2,1-2H3,(H,16,18);2*1H. The van der Waals surface area contributed by atoms with Crippen molar-refractivity contribution in [3.8, 4) is 0 Å². The van der Waals surface area contributed by atoms with Crippen LogP contribution in [0.1, 0.15) is 58.4 Å². The molecule has 0 bridgehead atoms. The predicted octanol–water partition coefficient (Wildman–Crippen LogP) is 3.29.